The predicted molar refractivity (Wildman–Crippen MR) is 82.6 cm³/mol. The van der Waals surface area contributed by atoms with Crippen LogP contribution in [-0.4, -0.2) is 49.3 Å². The summed E-state index contributed by atoms with van der Waals surface area (Å²) in [6.45, 7) is 11.2. The molecule has 0 radical (unpaired) electrons. The van der Waals surface area contributed by atoms with Crippen LogP contribution in [0.3, 0.4) is 0 Å². The molecule has 4 nitrogen and oxygen atoms in total. The summed E-state index contributed by atoms with van der Waals surface area (Å²) >= 11 is 0. The maximum Gasteiger partial charge on any atom is 0.106 e. The lowest BCUT2D eigenvalue weighted by Gasteiger charge is -2.36. The fraction of sp³-hybridized carbons (Fsp3) is 0.938. The highest BCUT2D eigenvalue weighted by Gasteiger charge is 2.27. The maximum absolute atomic E-state index is 9.49. The van der Waals surface area contributed by atoms with E-state index in [1.807, 2.05) is 0 Å². The van der Waals surface area contributed by atoms with Gasteiger partial charge in [0, 0.05) is 12.6 Å². The molecule has 1 aliphatic rings. The summed E-state index contributed by atoms with van der Waals surface area (Å²) in [7, 11) is 0. The fourth-order valence-corrected chi connectivity index (χ4v) is 2.87. The van der Waals surface area contributed by atoms with Gasteiger partial charge in [0.1, 0.15) is 5.54 Å². The van der Waals surface area contributed by atoms with Gasteiger partial charge in [0.15, 0.2) is 0 Å². The van der Waals surface area contributed by atoms with E-state index in [9.17, 15) is 5.26 Å². The van der Waals surface area contributed by atoms with Crippen molar-refractivity contribution in [2.75, 3.05) is 32.8 Å². The van der Waals surface area contributed by atoms with Gasteiger partial charge in [-0.3, -0.25) is 10.2 Å². The van der Waals surface area contributed by atoms with E-state index in [4.69, 9.17) is 4.74 Å². The summed E-state index contributed by atoms with van der Waals surface area (Å²) in [5.41, 5.74) is -0.329. The van der Waals surface area contributed by atoms with Crippen LogP contribution in [0.15, 0.2) is 0 Å². The molecule has 2 atom stereocenters. The molecule has 0 aromatic heterocycles. The first-order valence-corrected chi connectivity index (χ1v) is 8.19. The van der Waals surface area contributed by atoms with Gasteiger partial charge in [0.2, 0.25) is 0 Å². The zero-order chi connectivity index (χ0) is 14.8. The smallest absolute Gasteiger partial charge is 0.106 e. The van der Waals surface area contributed by atoms with Crippen molar-refractivity contribution in [3.8, 4) is 6.07 Å². The van der Waals surface area contributed by atoms with Crippen LogP contribution in [0.25, 0.3) is 0 Å². The number of hydrogen-bond acceptors (Lipinski definition) is 4. The molecule has 20 heavy (non-hydrogen) atoms. The molecular formula is C16H31N3O. The summed E-state index contributed by atoms with van der Waals surface area (Å²) in [4.78, 5) is 2.53. The molecule has 0 saturated carbocycles. The van der Waals surface area contributed by atoms with Crippen LogP contribution in [0, 0.1) is 11.3 Å². The third-order valence-electron chi connectivity index (χ3n) is 4.40. The Morgan fingerprint density at radius 3 is 2.80 bits per heavy atom. The number of nitrogens with one attached hydrogen (secondary N) is 1. The second-order valence-corrected chi connectivity index (χ2v) is 5.75. The lowest BCUT2D eigenvalue weighted by Crippen LogP contribution is -2.47. The zero-order valence-electron chi connectivity index (χ0n) is 13.5. The standard InChI is InChI=1S/C16H31N3O/c1-4-9-18-16(6-3,14-17)8-7-10-19-11-12-20-13-15(19)5-2/h15,18H,4-13H2,1-3H3. The van der Waals surface area contributed by atoms with Gasteiger partial charge >= 0.3 is 0 Å². The average molecular weight is 281 g/mol. The highest BCUT2D eigenvalue weighted by atomic mass is 16.5. The van der Waals surface area contributed by atoms with Gasteiger partial charge in [0.05, 0.1) is 19.3 Å². The molecule has 0 aliphatic carbocycles. The normalized spacial score (nSPS) is 23.2. The zero-order valence-corrected chi connectivity index (χ0v) is 13.5. The quantitative estimate of drug-likeness (QED) is 0.705. The number of ether oxygens (including phenoxy) is 1. The van der Waals surface area contributed by atoms with Crippen LogP contribution in [-0.2, 0) is 4.74 Å². The van der Waals surface area contributed by atoms with E-state index in [-0.39, 0.29) is 5.54 Å². The molecule has 0 amide bonds. The van der Waals surface area contributed by atoms with Gasteiger partial charge in [-0.2, -0.15) is 5.26 Å². The molecule has 0 aromatic rings. The number of morpholine rings is 1. The van der Waals surface area contributed by atoms with Crippen LogP contribution < -0.4 is 5.32 Å². The number of rotatable bonds is 9. The summed E-state index contributed by atoms with van der Waals surface area (Å²) < 4.78 is 5.54. The Kier molecular flexibility index (Phi) is 8.13. The van der Waals surface area contributed by atoms with Crippen molar-refractivity contribution in [3.63, 3.8) is 0 Å². The minimum absolute atomic E-state index is 0.329. The second-order valence-electron chi connectivity index (χ2n) is 5.75. The molecule has 1 aliphatic heterocycles. The van der Waals surface area contributed by atoms with Crippen molar-refractivity contribution in [1.29, 1.82) is 5.26 Å². The van der Waals surface area contributed by atoms with Gasteiger partial charge in [-0.15, -0.1) is 0 Å². The molecule has 4 heteroatoms. The Hall–Kier alpha value is -0.630. The number of hydrogen-bond donors (Lipinski definition) is 1. The average Bonchev–Trinajstić information content (AvgIpc) is 2.51. The van der Waals surface area contributed by atoms with Gasteiger partial charge < -0.3 is 4.74 Å². The predicted octanol–water partition coefficient (Wildman–Crippen LogP) is 2.55. The molecule has 1 heterocycles. The molecule has 1 fully saturated rings. The Labute approximate surface area is 124 Å². The molecule has 1 N–H and O–H groups in total. The Bertz CT molecular complexity index is 303. The second kappa shape index (κ2) is 9.33. The summed E-state index contributed by atoms with van der Waals surface area (Å²) in [5.74, 6) is 0. The molecular weight excluding hydrogens is 250 g/mol. The van der Waals surface area contributed by atoms with Crippen LogP contribution >= 0.6 is 0 Å². The van der Waals surface area contributed by atoms with E-state index in [2.05, 4.69) is 37.1 Å². The van der Waals surface area contributed by atoms with E-state index >= 15 is 0 Å². The van der Waals surface area contributed by atoms with E-state index in [0.717, 1.165) is 65.0 Å². The molecule has 1 saturated heterocycles. The fourth-order valence-electron chi connectivity index (χ4n) is 2.87. The lowest BCUT2D eigenvalue weighted by molar-refractivity contribution is -0.00968. The van der Waals surface area contributed by atoms with Crippen molar-refractivity contribution >= 4 is 0 Å². The van der Waals surface area contributed by atoms with Crippen LogP contribution in [0.5, 0.6) is 0 Å². The first-order chi connectivity index (χ1) is 9.71. The lowest BCUT2D eigenvalue weighted by atomic mass is 9.91. The first-order valence-electron chi connectivity index (χ1n) is 8.19. The molecule has 1 rings (SSSR count). The minimum atomic E-state index is -0.329. The van der Waals surface area contributed by atoms with E-state index in [1.54, 1.807) is 0 Å². The third-order valence-corrected chi connectivity index (χ3v) is 4.40. The van der Waals surface area contributed by atoms with Gasteiger partial charge in [-0.05, 0) is 45.2 Å². The molecule has 2 unspecified atom stereocenters. The van der Waals surface area contributed by atoms with Crippen molar-refractivity contribution in [3.05, 3.63) is 0 Å². The number of nitriles is 1. The van der Waals surface area contributed by atoms with Crippen LogP contribution in [0.4, 0.5) is 0 Å². The van der Waals surface area contributed by atoms with Crippen molar-refractivity contribution in [2.45, 2.75) is 64.5 Å². The Balaban J connectivity index is 2.41. The van der Waals surface area contributed by atoms with Crippen molar-refractivity contribution in [2.24, 2.45) is 0 Å². The molecule has 116 valence electrons. The van der Waals surface area contributed by atoms with E-state index < -0.39 is 0 Å². The Morgan fingerprint density at radius 1 is 1.40 bits per heavy atom. The largest absolute Gasteiger partial charge is 0.378 e. The van der Waals surface area contributed by atoms with Gasteiger partial charge in [-0.25, -0.2) is 0 Å². The highest BCUT2D eigenvalue weighted by Crippen LogP contribution is 2.19. The number of nitrogens with zero attached hydrogens (tertiary/aromatic N) is 2. The van der Waals surface area contributed by atoms with Crippen LogP contribution in [0.2, 0.25) is 0 Å². The Morgan fingerprint density at radius 2 is 2.20 bits per heavy atom. The SMILES string of the molecule is CCCNC(C#N)(CC)CCCN1CCOCC1CC. The van der Waals surface area contributed by atoms with Crippen molar-refractivity contribution < 1.29 is 4.74 Å². The van der Waals surface area contributed by atoms with E-state index in [1.165, 1.54) is 0 Å². The summed E-state index contributed by atoms with van der Waals surface area (Å²) in [6, 6.07) is 3.07. The summed E-state index contributed by atoms with van der Waals surface area (Å²) in [6.07, 6.45) is 5.11. The summed E-state index contributed by atoms with van der Waals surface area (Å²) in [5, 5.41) is 12.9. The van der Waals surface area contributed by atoms with Gasteiger partial charge in [0.25, 0.3) is 0 Å². The highest BCUT2D eigenvalue weighted by molar-refractivity contribution is 5.06. The van der Waals surface area contributed by atoms with E-state index in [0.29, 0.717) is 6.04 Å². The van der Waals surface area contributed by atoms with Gasteiger partial charge in [-0.1, -0.05) is 20.8 Å². The molecule has 0 aromatic carbocycles. The monoisotopic (exact) mass is 281 g/mol. The molecule has 0 bridgehead atoms. The van der Waals surface area contributed by atoms with Crippen LogP contribution in [0.1, 0.15) is 52.9 Å². The first kappa shape index (κ1) is 17.4. The third kappa shape index (κ3) is 5.05. The molecule has 0 spiro atoms. The van der Waals surface area contributed by atoms with Crippen molar-refractivity contribution in [1.82, 2.24) is 10.2 Å². The maximum atomic E-state index is 9.49. The topological polar surface area (TPSA) is 48.3 Å². The minimum Gasteiger partial charge on any atom is -0.378 e.